The Balaban J connectivity index is 1.65. The number of carbonyl (C=O) groups excluding carboxylic acids is 1. The summed E-state index contributed by atoms with van der Waals surface area (Å²) < 4.78 is 0. The van der Waals surface area contributed by atoms with E-state index in [1.165, 1.54) is 17.3 Å². The van der Waals surface area contributed by atoms with E-state index in [1.807, 2.05) is 62.4 Å². The van der Waals surface area contributed by atoms with Gasteiger partial charge in [-0.1, -0.05) is 49.0 Å². The van der Waals surface area contributed by atoms with Crippen LogP contribution < -0.4 is 10.6 Å². The quantitative estimate of drug-likeness (QED) is 0.849. The van der Waals surface area contributed by atoms with Gasteiger partial charge in [0, 0.05) is 16.9 Å². The molecule has 1 aliphatic heterocycles. The fourth-order valence-electron chi connectivity index (χ4n) is 2.72. The zero-order chi connectivity index (χ0) is 17.9. The van der Waals surface area contributed by atoms with Crippen LogP contribution in [-0.2, 0) is 11.2 Å². The van der Waals surface area contributed by atoms with Gasteiger partial charge in [-0.2, -0.15) is 0 Å². The first-order valence-corrected chi connectivity index (χ1v) is 9.44. The van der Waals surface area contributed by atoms with Crippen molar-refractivity contribution in [2.75, 3.05) is 16.4 Å². The number of rotatable bonds is 4. The van der Waals surface area contributed by atoms with Crippen LogP contribution in [0, 0.1) is 0 Å². The fraction of sp³-hybridized carbons (Fsp3) is 0.300. The third kappa shape index (κ3) is 4.42. The lowest BCUT2D eigenvalue weighted by Gasteiger charge is -2.30. The molecule has 2 N–H and O–H groups in total. The number of hydrogen-bond donors (Lipinski definition) is 2. The Labute approximate surface area is 153 Å². The third-order valence-corrected chi connectivity index (χ3v) is 4.96. The first kappa shape index (κ1) is 17.5. The molecule has 4 nitrogen and oxygen atoms in total. The van der Waals surface area contributed by atoms with Gasteiger partial charge in [-0.3, -0.25) is 9.79 Å². The average Bonchev–Trinajstić information content (AvgIpc) is 2.59. The number of amides is 1. The van der Waals surface area contributed by atoms with Crippen molar-refractivity contribution in [3.63, 3.8) is 0 Å². The number of anilines is 2. The highest BCUT2D eigenvalue weighted by atomic mass is 32.2. The summed E-state index contributed by atoms with van der Waals surface area (Å²) in [6.45, 7) is 6.17. The van der Waals surface area contributed by atoms with Crippen LogP contribution >= 0.6 is 11.8 Å². The summed E-state index contributed by atoms with van der Waals surface area (Å²) in [6.07, 6.45) is 0.993. The molecule has 2 aromatic carbocycles. The Hall–Kier alpha value is -2.27. The van der Waals surface area contributed by atoms with Crippen molar-refractivity contribution in [2.45, 2.75) is 32.9 Å². The molecule has 0 aliphatic carbocycles. The van der Waals surface area contributed by atoms with Crippen LogP contribution in [0.5, 0.6) is 0 Å². The van der Waals surface area contributed by atoms with Gasteiger partial charge in [0.1, 0.15) is 10.7 Å². The molecule has 1 amide bonds. The number of thioether (sulfide) groups is 1. The molecule has 0 bridgehead atoms. The van der Waals surface area contributed by atoms with Gasteiger partial charge in [0.05, 0.1) is 5.75 Å². The lowest BCUT2D eigenvalue weighted by Crippen LogP contribution is -2.34. The molecule has 130 valence electrons. The van der Waals surface area contributed by atoms with Gasteiger partial charge in [-0.25, -0.2) is 0 Å². The van der Waals surface area contributed by atoms with Crippen molar-refractivity contribution in [1.82, 2.24) is 0 Å². The Bertz CT molecular complexity index is 797. The van der Waals surface area contributed by atoms with Gasteiger partial charge in [0.15, 0.2) is 0 Å². The molecule has 0 atom stereocenters. The van der Waals surface area contributed by atoms with Gasteiger partial charge in [-0.05, 0) is 44.0 Å². The van der Waals surface area contributed by atoms with Crippen molar-refractivity contribution in [3.8, 4) is 0 Å². The highest BCUT2D eigenvalue weighted by Crippen LogP contribution is 2.31. The van der Waals surface area contributed by atoms with Crippen LogP contribution in [0.3, 0.4) is 0 Å². The van der Waals surface area contributed by atoms with E-state index in [0.29, 0.717) is 5.75 Å². The molecule has 1 aliphatic rings. The molecule has 0 unspecified atom stereocenters. The summed E-state index contributed by atoms with van der Waals surface area (Å²) in [5.41, 5.74) is 3.82. The number of aryl methyl sites for hydroxylation is 1. The number of para-hydroxylation sites is 1. The zero-order valence-electron chi connectivity index (χ0n) is 14.8. The van der Waals surface area contributed by atoms with Crippen molar-refractivity contribution in [3.05, 3.63) is 59.7 Å². The molecule has 0 fully saturated rings. The molecular formula is C20H23N3OS. The monoisotopic (exact) mass is 353 g/mol. The summed E-state index contributed by atoms with van der Waals surface area (Å²) in [4.78, 5) is 17.0. The summed E-state index contributed by atoms with van der Waals surface area (Å²) in [7, 11) is 0. The Kier molecular flexibility index (Phi) is 5.13. The van der Waals surface area contributed by atoms with Crippen LogP contribution in [0.25, 0.3) is 0 Å². The number of hydrogen-bond acceptors (Lipinski definition) is 4. The number of benzene rings is 2. The summed E-state index contributed by atoms with van der Waals surface area (Å²) in [6, 6.07) is 16.0. The predicted octanol–water partition coefficient (Wildman–Crippen LogP) is 4.53. The van der Waals surface area contributed by atoms with Gasteiger partial charge in [-0.15, -0.1) is 0 Å². The minimum absolute atomic E-state index is 0.0224. The number of fused-ring (bicyclic) bond motifs is 1. The van der Waals surface area contributed by atoms with Gasteiger partial charge < -0.3 is 10.6 Å². The first-order chi connectivity index (χ1) is 12.0. The van der Waals surface area contributed by atoms with Gasteiger partial charge >= 0.3 is 0 Å². The van der Waals surface area contributed by atoms with E-state index < -0.39 is 0 Å². The Morgan fingerprint density at radius 1 is 1.16 bits per heavy atom. The largest absolute Gasteiger partial charge is 0.361 e. The second-order valence-corrected chi connectivity index (χ2v) is 7.50. The Morgan fingerprint density at radius 2 is 1.88 bits per heavy atom. The van der Waals surface area contributed by atoms with Crippen LogP contribution in [0.1, 0.15) is 31.9 Å². The number of aliphatic imine (C=N–C) groups is 1. The van der Waals surface area contributed by atoms with Gasteiger partial charge in [0.25, 0.3) is 0 Å². The van der Waals surface area contributed by atoms with E-state index in [1.54, 1.807) is 0 Å². The molecule has 3 rings (SSSR count). The van der Waals surface area contributed by atoms with Crippen molar-refractivity contribution < 1.29 is 4.79 Å². The van der Waals surface area contributed by atoms with Crippen LogP contribution in [0.15, 0.2) is 53.5 Å². The molecule has 25 heavy (non-hydrogen) atoms. The van der Waals surface area contributed by atoms with Gasteiger partial charge in [0.2, 0.25) is 5.91 Å². The minimum Gasteiger partial charge on any atom is -0.361 e. The highest BCUT2D eigenvalue weighted by Gasteiger charge is 2.25. The topological polar surface area (TPSA) is 53.5 Å². The lowest BCUT2D eigenvalue weighted by atomic mass is 10.1. The molecule has 0 spiro atoms. The van der Waals surface area contributed by atoms with E-state index in [9.17, 15) is 4.79 Å². The molecule has 2 aromatic rings. The lowest BCUT2D eigenvalue weighted by molar-refractivity contribution is -0.113. The van der Waals surface area contributed by atoms with Crippen LogP contribution in [0.4, 0.5) is 11.4 Å². The molecule has 1 heterocycles. The average molecular weight is 353 g/mol. The number of nitrogens with zero attached hydrogens (tertiary/aromatic N) is 1. The number of nitrogens with one attached hydrogen (secondary N) is 2. The van der Waals surface area contributed by atoms with Crippen LogP contribution in [0.2, 0.25) is 0 Å². The smallest absolute Gasteiger partial charge is 0.234 e. The van der Waals surface area contributed by atoms with E-state index >= 15 is 0 Å². The van der Waals surface area contributed by atoms with Crippen molar-refractivity contribution in [1.29, 1.82) is 0 Å². The Morgan fingerprint density at radius 3 is 2.60 bits per heavy atom. The van der Waals surface area contributed by atoms with Crippen molar-refractivity contribution in [2.24, 2.45) is 4.99 Å². The van der Waals surface area contributed by atoms with Crippen molar-refractivity contribution >= 4 is 34.1 Å². The van der Waals surface area contributed by atoms with E-state index in [2.05, 4.69) is 17.6 Å². The SMILES string of the molecule is CCc1ccc(NC(=O)CSC2=NC(C)(C)Nc3ccccc32)cc1. The fourth-order valence-corrected chi connectivity index (χ4v) is 3.68. The molecule has 0 saturated carbocycles. The third-order valence-electron chi connectivity index (χ3n) is 3.97. The maximum absolute atomic E-state index is 12.3. The maximum atomic E-state index is 12.3. The normalized spacial score (nSPS) is 14.9. The maximum Gasteiger partial charge on any atom is 0.234 e. The predicted molar refractivity (Wildman–Crippen MR) is 108 cm³/mol. The summed E-state index contributed by atoms with van der Waals surface area (Å²) in [5, 5.41) is 7.25. The first-order valence-electron chi connectivity index (χ1n) is 8.46. The van der Waals surface area contributed by atoms with E-state index in [4.69, 9.17) is 4.99 Å². The standard InChI is InChI=1S/C20H23N3OS/c1-4-14-9-11-15(12-10-14)21-18(24)13-25-19-16-7-5-6-8-17(16)22-20(2,3)23-19/h5-12,22H,4,13H2,1-3H3,(H,21,24). The minimum atomic E-state index is -0.372. The molecular weight excluding hydrogens is 330 g/mol. The second-order valence-electron chi connectivity index (χ2n) is 6.53. The molecule has 0 aromatic heterocycles. The molecule has 5 heteroatoms. The van der Waals surface area contributed by atoms with Crippen LogP contribution in [-0.4, -0.2) is 22.4 Å². The second kappa shape index (κ2) is 7.31. The number of carbonyl (C=O) groups is 1. The zero-order valence-corrected chi connectivity index (χ0v) is 15.6. The summed E-state index contributed by atoms with van der Waals surface area (Å²) >= 11 is 1.48. The highest BCUT2D eigenvalue weighted by molar-refractivity contribution is 8.15. The summed E-state index contributed by atoms with van der Waals surface area (Å²) in [5.74, 6) is 0.310. The molecule has 0 saturated heterocycles. The van der Waals surface area contributed by atoms with E-state index in [-0.39, 0.29) is 11.6 Å². The van der Waals surface area contributed by atoms with E-state index in [0.717, 1.165) is 28.4 Å². The molecule has 0 radical (unpaired) electrons.